The van der Waals surface area contributed by atoms with Gasteiger partial charge in [0.1, 0.15) is 6.04 Å². The van der Waals surface area contributed by atoms with Crippen LogP contribution >= 0.6 is 0 Å². The average molecular weight is 427 g/mol. The molecule has 0 saturated heterocycles. The summed E-state index contributed by atoms with van der Waals surface area (Å²) in [5.74, 6) is -1.04. The molecule has 166 valence electrons. The van der Waals surface area contributed by atoms with Crippen LogP contribution in [0.1, 0.15) is 50.2 Å². The smallest absolute Gasteiger partial charge is 0.261 e. The molecule has 1 aliphatic rings. The molecule has 5 nitrogen and oxygen atoms in total. The van der Waals surface area contributed by atoms with E-state index in [0.717, 1.165) is 36.8 Å². The van der Waals surface area contributed by atoms with Crippen LogP contribution in [0, 0.1) is 12.7 Å². The van der Waals surface area contributed by atoms with Gasteiger partial charge in [0.15, 0.2) is 18.2 Å². The molecule has 0 aromatic heterocycles. The summed E-state index contributed by atoms with van der Waals surface area (Å²) in [5.41, 5.74) is 2.04. The lowest BCUT2D eigenvalue weighted by atomic mass is 9.95. The summed E-state index contributed by atoms with van der Waals surface area (Å²) < 4.78 is 19.3. The lowest BCUT2D eigenvalue weighted by Gasteiger charge is -2.31. The van der Waals surface area contributed by atoms with Gasteiger partial charge in [0.05, 0.1) is 0 Å². The normalized spacial score (nSPS) is 15.2. The molecule has 1 atom stereocenters. The van der Waals surface area contributed by atoms with Crippen molar-refractivity contribution in [2.45, 2.75) is 64.6 Å². The number of para-hydroxylation sites is 1. The molecule has 31 heavy (non-hydrogen) atoms. The van der Waals surface area contributed by atoms with Gasteiger partial charge in [-0.1, -0.05) is 61.2 Å². The van der Waals surface area contributed by atoms with Crippen LogP contribution in [0.5, 0.6) is 5.75 Å². The molecule has 2 aromatic rings. The Morgan fingerprint density at radius 3 is 2.45 bits per heavy atom. The van der Waals surface area contributed by atoms with Gasteiger partial charge in [0, 0.05) is 12.6 Å². The fourth-order valence-corrected chi connectivity index (χ4v) is 3.83. The van der Waals surface area contributed by atoms with Crippen molar-refractivity contribution in [2.75, 3.05) is 6.61 Å². The molecule has 0 spiro atoms. The first kappa shape index (κ1) is 22.8. The number of hydrogen-bond donors (Lipinski definition) is 1. The zero-order valence-corrected chi connectivity index (χ0v) is 18.3. The van der Waals surface area contributed by atoms with E-state index in [1.807, 2.05) is 31.2 Å². The van der Waals surface area contributed by atoms with Crippen molar-refractivity contribution in [2.24, 2.45) is 0 Å². The first-order valence-electron chi connectivity index (χ1n) is 11.0. The third kappa shape index (κ3) is 6.54. The molecule has 2 amide bonds. The van der Waals surface area contributed by atoms with Gasteiger partial charge in [-0.05, 0) is 44.4 Å². The maximum atomic E-state index is 13.9. The van der Waals surface area contributed by atoms with Crippen molar-refractivity contribution >= 4 is 11.8 Å². The van der Waals surface area contributed by atoms with E-state index < -0.39 is 11.9 Å². The van der Waals surface area contributed by atoms with E-state index in [0.29, 0.717) is 0 Å². The molecule has 0 radical (unpaired) electrons. The number of nitrogens with one attached hydrogen (secondary N) is 1. The summed E-state index contributed by atoms with van der Waals surface area (Å²) in [6.07, 6.45) is 5.37. The zero-order chi connectivity index (χ0) is 22.2. The number of rotatable bonds is 8. The van der Waals surface area contributed by atoms with Crippen LogP contribution in [-0.4, -0.2) is 35.4 Å². The Kier molecular flexibility index (Phi) is 8.04. The third-order valence-electron chi connectivity index (χ3n) is 5.78. The zero-order valence-electron chi connectivity index (χ0n) is 18.3. The maximum Gasteiger partial charge on any atom is 0.261 e. The SMILES string of the molecule is Cc1ccc(CN(C(=O)COc2ccccc2F)[C@H](C)C(=O)NC2CCCCC2)cc1. The predicted molar refractivity (Wildman–Crippen MR) is 118 cm³/mol. The summed E-state index contributed by atoms with van der Waals surface area (Å²) in [5, 5.41) is 3.10. The molecular weight excluding hydrogens is 395 g/mol. The average Bonchev–Trinajstić information content (AvgIpc) is 2.78. The van der Waals surface area contributed by atoms with E-state index in [1.54, 1.807) is 19.1 Å². The molecule has 0 aliphatic heterocycles. The molecular formula is C25H31FN2O3. The van der Waals surface area contributed by atoms with Crippen LogP contribution in [0.25, 0.3) is 0 Å². The fraction of sp³-hybridized carbons (Fsp3) is 0.440. The highest BCUT2D eigenvalue weighted by molar-refractivity contribution is 5.88. The monoisotopic (exact) mass is 426 g/mol. The number of carbonyl (C=O) groups excluding carboxylic acids is 2. The molecule has 1 aliphatic carbocycles. The molecule has 1 saturated carbocycles. The van der Waals surface area contributed by atoms with Gasteiger partial charge in [-0.15, -0.1) is 0 Å². The number of amides is 2. The first-order valence-corrected chi connectivity index (χ1v) is 11.0. The molecule has 0 bridgehead atoms. The van der Waals surface area contributed by atoms with Gasteiger partial charge in [-0.3, -0.25) is 9.59 Å². The molecule has 3 rings (SSSR count). The number of aryl methyl sites for hydroxylation is 1. The molecule has 1 fully saturated rings. The second-order valence-electron chi connectivity index (χ2n) is 8.25. The summed E-state index contributed by atoms with van der Waals surface area (Å²) in [7, 11) is 0. The molecule has 1 N–H and O–H groups in total. The fourth-order valence-electron chi connectivity index (χ4n) is 3.83. The van der Waals surface area contributed by atoms with E-state index in [-0.39, 0.29) is 36.8 Å². The van der Waals surface area contributed by atoms with Crippen LogP contribution in [0.15, 0.2) is 48.5 Å². The van der Waals surface area contributed by atoms with E-state index in [1.165, 1.54) is 23.5 Å². The van der Waals surface area contributed by atoms with Gasteiger partial charge in [-0.2, -0.15) is 0 Å². The number of nitrogens with zero attached hydrogens (tertiary/aromatic N) is 1. The van der Waals surface area contributed by atoms with Gasteiger partial charge in [-0.25, -0.2) is 4.39 Å². The van der Waals surface area contributed by atoms with Crippen molar-refractivity contribution in [1.82, 2.24) is 10.2 Å². The van der Waals surface area contributed by atoms with Crippen molar-refractivity contribution < 1.29 is 18.7 Å². The molecule has 6 heteroatoms. The minimum atomic E-state index is -0.667. The Hall–Kier alpha value is -2.89. The van der Waals surface area contributed by atoms with Crippen molar-refractivity contribution in [1.29, 1.82) is 0 Å². The summed E-state index contributed by atoms with van der Waals surface area (Å²) in [4.78, 5) is 27.5. The van der Waals surface area contributed by atoms with Crippen LogP contribution < -0.4 is 10.1 Å². The lowest BCUT2D eigenvalue weighted by molar-refractivity contribution is -0.142. The van der Waals surface area contributed by atoms with Crippen molar-refractivity contribution in [3.8, 4) is 5.75 Å². The number of hydrogen-bond acceptors (Lipinski definition) is 3. The van der Waals surface area contributed by atoms with Crippen LogP contribution in [0.4, 0.5) is 4.39 Å². The number of benzene rings is 2. The van der Waals surface area contributed by atoms with Crippen molar-refractivity contribution in [3.63, 3.8) is 0 Å². The maximum absolute atomic E-state index is 13.9. The minimum absolute atomic E-state index is 0.0189. The molecule has 0 unspecified atom stereocenters. The standard InChI is InChI=1S/C25H31FN2O3/c1-18-12-14-20(15-13-18)16-28(19(2)25(30)27-21-8-4-3-5-9-21)24(29)17-31-23-11-7-6-10-22(23)26/h6-7,10-15,19,21H,3-5,8-9,16-17H2,1-2H3,(H,27,30)/t19-/m1/s1. The van der Waals surface area contributed by atoms with Crippen LogP contribution in [0.2, 0.25) is 0 Å². The Bertz CT molecular complexity index is 879. The Labute approximate surface area is 183 Å². The quantitative estimate of drug-likeness (QED) is 0.682. The highest BCUT2D eigenvalue weighted by atomic mass is 19.1. The van der Waals surface area contributed by atoms with E-state index in [9.17, 15) is 14.0 Å². The van der Waals surface area contributed by atoms with Gasteiger partial charge < -0.3 is 15.0 Å². The van der Waals surface area contributed by atoms with E-state index >= 15 is 0 Å². The third-order valence-corrected chi connectivity index (χ3v) is 5.78. The molecule has 2 aromatic carbocycles. The number of halogens is 1. The summed E-state index contributed by atoms with van der Waals surface area (Å²) in [6.45, 7) is 3.66. The molecule has 0 heterocycles. The van der Waals surface area contributed by atoms with Crippen LogP contribution in [-0.2, 0) is 16.1 Å². The number of ether oxygens (including phenoxy) is 1. The van der Waals surface area contributed by atoms with Crippen molar-refractivity contribution in [3.05, 3.63) is 65.5 Å². The van der Waals surface area contributed by atoms with Gasteiger partial charge in [0.25, 0.3) is 5.91 Å². The van der Waals surface area contributed by atoms with Gasteiger partial charge in [0.2, 0.25) is 5.91 Å². The Morgan fingerprint density at radius 2 is 1.77 bits per heavy atom. The Balaban J connectivity index is 1.70. The largest absolute Gasteiger partial charge is 0.481 e. The lowest BCUT2D eigenvalue weighted by Crippen LogP contribution is -2.51. The summed E-state index contributed by atoms with van der Waals surface area (Å²) in [6, 6.07) is 13.3. The highest BCUT2D eigenvalue weighted by Crippen LogP contribution is 2.19. The van der Waals surface area contributed by atoms with E-state index in [4.69, 9.17) is 4.74 Å². The van der Waals surface area contributed by atoms with Crippen LogP contribution in [0.3, 0.4) is 0 Å². The summed E-state index contributed by atoms with van der Waals surface area (Å²) >= 11 is 0. The van der Waals surface area contributed by atoms with Gasteiger partial charge >= 0.3 is 0 Å². The van der Waals surface area contributed by atoms with E-state index in [2.05, 4.69) is 5.32 Å². The highest BCUT2D eigenvalue weighted by Gasteiger charge is 2.28. The second kappa shape index (κ2) is 10.9. The second-order valence-corrected chi connectivity index (χ2v) is 8.25. The minimum Gasteiger partial charge on any atom is -0.481 e. The first-order chi connectivity index (χ1) is 14.9. The Morgan fingerprint density at radius 1 is 1.10 bits per heavy atom. The topological polar surface area (TPSA) is 58.6 Å². The predicted octanol–water partition coefficient (Wildman–Crippen LogP) is 4.38. The number of carbonyl (C=O) groups is 2.